The predicted octanol–water partition coefficient (Wildman–Crippen LogP) is 4.95. The molecule has 124 valence electrons. The van der Waals surface area contributed by atoms with E-state index in [2.05, 4.69) is 52.0 Å². The minimum atomic E-state index is -0.148. The molecule has 2 N–H and O–H groups in total. The highest BCUT2D eigenvalue weighted by Gasteiger charge is 2.21. The van der Waals surface area contributed by atoms with E-state index < -0.39 is 0 Å². The van der Waals surface area contributed by atoms with E-state index in [1.807, 2.05) is 36.4 Å². The number of halogens is 2. The van der Waals surface area contributed by atoms with Crippen molar-refractivity contribution < 1.29 is 4.79 Å². The van der Waals surface area contributed by atoms with Crippen molar-refractivity contribution in [2.45, 2.75) is 19.9 Å². The van der Waals surface area contributed by atoms with Crippen LogP contribution in [0.3, 0.4) is 0 Å². The second-order valence-electron chi connectivity index (χ2n) is 5.99. The zero-order valence-electron chi connectivity index (χ0n) is 13.3. The van der Waals surface area contributed by atoms with E-state index >= 15 is 0 Å². The highest BCUT2D eigenvalue weighted by Crippen LogP contribution is 2.28. The number of hydrogen-bond donors (Lipinski definition) is 2. The lowest BCUT2D eigenvalue weighted by molar-refractivity contribution is 0.0926. The maximum atomic E-state index is 12.7. The van der Waals surface area contributed by atoms with Crippen molar-refractivity contribution in [1.29, 1.82) is 0 Å². The monoisotopic (exact) mass is 453 g/mol. The number of nitrogens with zero attached hydrogens (tertiary/aromatic N) is 1. The number of nitrogens with one attached hydrogen (secondary N) is 2. The summed E-state index contributed by atoms with van der Waals surface area (Å²) in [5.41, 5.74) is 2.39. The molecule has 0 saturated heterocycles. The average molecular weight is 454 g/mol. The molecule has 0 spiro atoms. The van der Waals surface area contributed by atoms with Crippen LogP contribution in [0.4, 0.5) is 0 Å². The van der Waals surface area contributed by atoms with E-state index in [4.69, 9.17) is 11.6 Å². The van der Waals surface area contributed by atoms with Gasteiger partial charge < -0.3 is 5.32 Å². The van der Waals surface area contributed by atoms with Gasteiger partial charge in [0.1, 0.15) is 3.70 Å². The third kappa shape index (κ3) is 3.42. The molecule has 1 heterocycles. The Labute approximate surface area is 159 Å². The van der Waals surface area contributed by atoms with Crippen LogP contribution in [0.25, 0.3) is 10.9 Å². The highest BCUT2D eigenvalue weighted by atomic mass is 127. The Kier molecular flexibility index (Phi) is 5.10. The normalized spacial score (nSPS) is 12.5. The van der Waals surface area contributed by atoms with Gasteiger partial charge in [-0.1, -0.05) is 43.6 Å². The molecule has 0 fully saturated rings. The molecule has 0 unspecified atom stereocenters. The molecular weight excluding hydrogens is 437 g/mol. The first-order chi connectivity index (χ1) is 11.5. The molecule has 4 nitrogen and oxygen atoms in total. The van der Waals surface area contributed by atoms with Crippen LogP contribution in [0, 0.1) is 9.62 Å². The van der Waals surface area contributed by atoms with Crippen LogP contribution in [-0.4, -0.2) is 16.1 Å². The standard InChI is InChI=1S/C18H17ClIN3O/c1-10(2)16(12-5-3-4-6-14(12)19)21-18(24)11-7-8-15-13(9-11)17(20)23-22-15/h3-10,16H,1-2H3,(H,21,24)(H,22,23)/t16-/m0/s1. The first-order valence-electron chi connectivity index (χ1n) is 7.66. The molecule has 0 radical (unpaired) electrons. The highest BCUT2D eigenvalue weighted by molar-refractivity contribution is 14.1. The molecule has 0 saturated carbocycles. The van der Waals surface area contributed by atoms with Gasteiger partial charge in [0.2, 0.25) is 0 Å². The Morgan fingerprint density at radius 3 is 2.71 bits per heavy atom. The smallest absolute Gasteiger partial charge is 0.251 e. The average Bonchev–Trinajstić information content (AvgIpc) is 2.94. The van der Waals surface area contributed by atoms with E-state index in [9.17, 15) is 4.79 Å². The molecular formula is C18H17ClIN3O. The van der Waals surface area contributed by atoms with E-state index in [1.54, 1.807) is 6.07 Å². The van der Waals surface area contributed by atoms with Crippen LogP contribution in [0.15, 0.2) is 42.5 Å². The summed E-state index contributed by atoms with van der Waals surface area (Å²) in [6.07, 6.45) is 0. The van der Waals surface area contributed by atoms with Gasteiger partial charge in [-0.3, -0.25) is 9.89 Å². The molecule has 0 aliphatic carbocycles. The second kappa shape index (κ2) is 7.11. The number of benzene rings is 2. The lowest BCUT2D eigenvalue weighted by Crippen LogP contribution is -2.31. The molecule has 0 aliphatic heterocycles. The minimum Gasteiger partial charge on any atom is -0.345 e. The lowest BCUT2D eigenvalue weighted by Gasteiger charge is -2.24. The van der Waals surface area contributed by atoms with Gasteiger partial charge in [0, 0.05) is 16.0 Å². The fraction of sp³-hybridized carbons (Fsp3) is 0.222. The topological polar surface area (TPSA) is 57.8 Å². The van der Waals surface area contributed by atoms with Crippen molar-refractivity contribution in [2.75, 3.05) is 0 Å². The van der Waals surface area contributed by atoms with Gasteiger partial charge >= 0.3 is 0 Å². The van der Waals surface area contributed by atoms with E-state index in [0.717, 1.165) is 20.2 Å². The summed E-state index contributed by atoms with van der Waals surface area (Å²) in [5, 5.41) is 11.8. The summed E-state index contributed by atoms with van der Waals surface area (Å²) in [6, 6.07) is 13.0. The van der Waals surface area contributed by atoms with Crippen LogP contribution < -0.4 is 5.32 Å². The summed E-state index contributed by atoms with van der Waals surface area (Å²) in [6.45, 7) is 4.13. The Morgan fingerprint density at radius 2 is 2.00 bits per heavy atom. The lowest BCUT2D eigenvalue weighted by atomic mass is 9.95. The number of carbonyl (C=O) groups is 1. The maximum absolute atomic E-state index is 12.7. The summed E-state index contributed by atoms with van der Waals surface area (Å²) < 4.78 is 0.920. The number of aromatic amines is 1. The number of rotatable bonds is 4. The summed E-state index contributed by atoms with van der Waals surface area (Å²) in [4.78, 5) is 12.7. The Hall–Kier alpha value is -1.60. The fourth-order valence-electron chi connectivity index (χ4n) is 2.68. The summed E-state index contributed by atoms with van der Waals surface area (Å²) in [5.74, 6) is 0.0964. The molecule has 0 bridgehead atoms. The first-order valence-corrected chi connectivity index (χ1v) is 9.12. The van der Waals surface area contributed by atoms with Crippen molar-refractivity contribution >= 4 is 51.0 Å². The number of hydrogen-bond acceptors (Lipinski definition) is 2. The largest absolute Gasteiger partial charge is 0.345 e. The fourth-order valence-corrected chi connectivity index (χ4v) is 3.48. The van der Waals surface area contributed by atoms with Gasteiger partial charge in [-0.25, -0.2) is 0 Å². The van der Waals surface area contributed by atoms with Crippen LogP contribution in [0.5, 0.6) is 0 Å². The van der Waals surface area contributed by atoms with Crippen molar-refractivity contribution in [2.24, 2.45) is 5.92 Å². The number of aromatic nitrogens is 2. The van der Waals surface area contributed by atoms with Gasteiger partial charge in [-0.15, -0.1) is 0 Å². The van der Waals surface area contributed by atoms with Gasteiger partial charge in [-0.2, -0.15) is 5.10 Å². The van der Waals surface area contributed by atoms with E-state index in [0.29, 0.717) is 10.6 Å². The van der Waals surface area contributed by atoms with Crippen molar-refractivity contribution in [1.82, 2.24) is 15.5 Å². The van der Waals surface area contributed by atoms with Crippen LogP contribution in [0.2, 0.25) is 5.02 Å². The third-order valence-corrected chi connectivity index (χ3v) is 5.13. The maximum Gasteiger partial charge on any atom is 0.251 e. The molecule has 1 amide bonds. The Bertz CT molecular complexity index is 891. The minimum absolute atomic E-state index is 0.118. The SMILES string of the molecule is CC(C)[C@H](NC(=O)c1ccc2n[nH]c(I)c2c1)c1ccccc1Cl. The number of carbonyl (C=O) groups excluding carboxylic acids is 1. The molecule has 1 aromatic heterocycles. The van der Waals surface area contributed by atoms with Crippen LogP contribution >= 0.6 is 34.2 Å². The third-order valence-electron chi connectivity index (χ3n) is 3.96. The summed E-state index contributed by atoms with van der Waals surface area (Å²) >= 11 is 8.49. The Morgan fingerprint density at radius 1 is 1.25 bits per heavy atom. The molecule has 3 aromatic rings. The second-order valence-corrected chi connectivity index (χ2v) is 7.47. The predicted molar refractivity (Wildman–Crippen MR) is 105 cm³/mol. The first kappa shape index (κ1) is 17.2. The van der Waals surface area contributed by atoms with Crippen LogP contribution in [0.1, 0.15) is 35.8 Å². The van der Waals surface area contributed by atoms with E-state index in [1.165, 1.54) is 0 Å². The zero-order valence-corrected chi connectivity index (χ0v) is 16.2. The summed E-state index contributed by atoms with van der Waals surface area (Å²) in [7, 11) is 0. The molecule has 0 aliphatic rings. The van der Waals surface area contributed by atoms with Crippen molar-refractivity contribution in [3.05, 3.63) is 62.3 Å². The molecule has 1 atom stereocenters. The molecule has 3 rings (SSSR count). The van der Waals surface area contributed by atoms with Gasteiger partial charge in [0.15, 0.2) is 0 Å². The molecule has 2 aromatic carbocycles. The van der Waals surface area contributed by atoms with Crippen molar-refractivity contribution in [3.8, 4) is 0 Å². The number of H-pyrrole nitrogens is 1. The Balaban J connectivity index is 1.90. The quantitative estimate of drug-likeness (QED) is 0.549. The number of amides is 1. The molecule has 6 heteroatoms. The van der Waals surface area contributed by atoms with Crippen molar-refractivity contribution in [3.63, 3.8) is 0 Å². The molecule has 24 heavy (non-hydrogen) atoms. The van der Waals surface area contributed by atoms with Gasteiger partial charge in [0.05, 0.1) is 11.6 Å². The zero-order chi connectivity index (χ0) is 17.3. The van der Waals surface area contributed by atoms with E-state index in [-0.39, 0.29) is 17.9 Å². The van der Waals surface area contributed by atoms with Gasteiger partial charge in [0.25, 0.3) is 5.91 Å². The number of fused-ring (bicyclic) bond motifs is 1. The van der Waals surface area contributed by atoms with Gasteiger partial charge in [-0.05, 0) is 58.3 Å². The van der Waals surface area contributed by atoms with Crippen LogP contribution in [-0.2, 0) is 0 Å².